The number of amides is 2. The molecule has 5 aliphatic rings. The summed E-state index contributed by atoms with van der Waals surface area (Å²) in [6.07, 6.45) is -10.4. The number of aliphatic hydroxyl groups excluding tert-OH is 12. The van der Waals surface area contributed by atoms with Crippen LogP contribution in [0.1, 0.15) is 256 Å². The summed E-state index contributed by atoms with van der Waals surface area (Å²) in [7, 11) is -11.5. The third-order valence-electron chi connectivity index (χ3n) is 22.3. The van der Waals surface area contributed by atoms with Crippen molar-refractivity contribution >= 4 is 38.6 Å². The molecule has 0 aromatic heterocycles. The maximum atomic E-state index is 14.1. The van der Waals surface area contributed by atoms with Crippen molar-refractivity contribution in [2.24, 2.45) is 0 Å². The van der Waals surface area contributed by atoms with Gasteiger partial charge in [0.05, 0.1) is 50.7 Å². The lowest BCUT2D eigenvalue weighted by atomic mass is 9.93. The van der Waals surface area contributed by atoms with E-state index in [0.717, 1.165) is 71.1 Å². The lowest BCUT2D eigenvalue weighted by Crippen LogP contribution is -2.71. The molecule has 119 heavy (non-hydrogen) atoms. The first-order valence-corrected chi connectivity index (χ1v) is 45.9. The fourth-order valence-electron chi connectivity index (χ4n) is 15.5. The zero-order valence-electron chi connectivity index (χ0n) is 69.4. The molecule has 0 radical (unpaired) electrons. The van der Waals surface area contributed by atoms with Gasteiger partial charge in [0.2, 0.25) is 11.8 Å². The van der Waals surface area contributed by atoms with Crippen LogP contribution in [0, 0.1) is 0 Å². The molecule has 5 aliphatic heterocycles. The van der Waals surface area contributed by atoms with E-state index in [2.05, 4.69) is 32.8 Å². The average Bonchev–Trinajstić information content (AvgIpc) is 0.758. The van der Waals surface area contributed by atoms with E-state index in [4.69, 9.17) is 52.1 Å². The lowest BCUT2D eigenvalue weighted by molar-refractivity contribution is -0.391. The molecule has 38 heteroatoms. The van der Waals surface area contributed by atoms with Gasteiger partial charge in [-0.15, -0.1) is 0 Å². The molecule has 16 N–H and O–H groups in total. The van der Waals surface area contributed by atoms with E-state index in [1.807, 2.05) is 6.08 Å². The second-order valence-corrected chi connectivity index (χ2v) is 34.1. The standard InChI is InChI=1S/C81H140N2O34S2/c1-5-7-9-11-13-15-17-19-20-21-22-23-24-25-26-28-30-32-34-36-41-45-60(89)83-54(55(107-76(98)53-42-38-37-39-43-53)44-40-35-33-31-29-27-18-16-14-12-10-8-6-2)50-105-78-68(96)66(94)70(58(48-86)111-78)112-80-69(97)73(63(91)56(46-84)108-80)115-77-61(82-52(4)88)72(114-79-67(95)65(93)62(90)51(3)106-79)71(59(49-87)110-77)113-81-75(117-119(102,103)104)74(116-118(99,100)101)64(92)57(47-85)109-81/h37-40,42-44,51,54-59,61-75,77-81,84-87,90-97H,5-36,41,45-50H2,1-4H3,(H,82,88)(H,83,89)(H,99,100,101)(H,102,103,104)/b44-40+. The van der Waals surface area contributed by atoms with Crippen LogP contribution in [-0.4, -0.2) is 304 Å². The summed E-state index contributed by atoms with van der Waals surface area (Å²) >= 11 is 0. The first-order chi connectivity index (χ1) is 57.0. The molecule has 690 valence electrons. The first-order valence-electron chi connectivity index (χ1n) is 43.2. The fraction of sp³-hybridized carbons (Fsp3) is 0.864. The Morgan fingerprint density at radius 3 is 1.34 bits per heavy atom. The number of ether oxygens (including phenoxy) is 11. The normalized spacial score (nSPS) is 32.0. The van der Waals surface area contributed by atoms with Crippen molar-refractivity contribution in [3.63, 3.8) is 0 Å². The van der Waals surface area contributed by atoms with Gasteiger partial charge in [0.25, 0.3) is 0 Å². The third-order valence-corrected chi connectivity index (χ3v) is 23.2. The Kier molecular flexibility index (Phi) is 48.6. The highest BCUT2D eigenvalue weighted by atomic mass is 32.3. The maximum absolute atomic E-state index is 14.1. The van der Waals surface area contributed by atoms with Gasteiger partial charge >= 0.3 is 26.8 Å². The molecule has 27 atom stereocenters. The molecule has 6 rings (SSSR count). The summed E-state index contributed by atoms with van der Waals surface area (Å²) < 4.78 is 144. The highest BCUT2D eigenvalue weighted by Crippen LogP contribution is 2.39. The van der Waals surface area contributed by atoms with E-state index in [-0.39, 0.29) is 12.0 Å². The summed E-state index contributed by atoms with van der Waals surface area (Å²) in [5.74, 6) is -2.12. The number of allylic oxidation sites excluding steroid dienone is 1. The second kappa shape index (κ2) is 55.6. The molecule has 0 spiro atoms. The molecule has 5 heterocycles. The summed E-state index contributed by atoms with van der Waals surface area (Å²) in [4.78, 5) is 41.5. The molecule has 2 amide bonds. The summed E-state index contributed by atoms with van der Waals surface area (Å²) in [5, 5.41) is 140. The quantitative estimate of drug-likeness (QED) is 0.0185. The molecule has 0 saturated carbocycles. The van der Waals surface area contributed by atoms with Gasteiger partial charge < -0.3 is 124 Å². The number of rotatable bonds is 59. The first kappa shape index (κ1) is 104. The van der Waals surface area contributed by atoms with Crippen molar-refractivity contribution in [2.45, 2.75) is 412 Å². The summed E-state index contributed by atoms with van der Waals surface area (Å²) in [5.41, 5.74) is 0.214. The van der Waals surface area contributed by atoms with Gasteiger partial charge in [-0.05, 0) is 44.4 Å². The number of aliphatic hydroxyl groups is 12. The van der Waals surface area contributed by atoms with E-state index < -0.39 is 237 Å². The minimum Gasteiger partial charge on any atom is -0.452 e. The van der Waals surface area contributed by atoms with E-state index in [0.29, 0.717) is 12.8 Å². The van der Waals surface area contributed by atoms with Crippen LogP contribution in [0.5, 0.6) is 0 Å². The number of hydrogen-bond acceptors (Lipinski definition) is 32. The Morgan fingerprint density at radius 2 is 0.849 bits per heavy atom. The lowest BCUT2D eigenvalue weighted by Gasteiger charge is -2.52. The largest absolute Gasteiger partial charge is 0.452 e. The fourth-order valence-corrected chi connectivity index (χ4v) is 16.5. The predicted octanol–water partition coefficient (Wildman–Crippen LogP) is 4.50. The van der Waals surface area contributed by atoms with Gasteiger partial charge in [-0.1, -0.05) is 231 Å². The van der Waals surface area contributed by atoms with E-state index in [1.165, 1.54) is 142 Å². The van der Waals surface area contributed by atoms with Crippen molar-refractivity contribution in [1.29, 1.82) is 0 Å². The van der Waals surface area contributed by atoms with Crippen LogP contribution in [-0.2, 0) is 90.9 Å². The molecule has 36 nitrogen and oxygen atoms in total. The van der Waals surface area contributed by atoms with Gasteiger partial charge in [0, 0.05) is 13.3 Å². The molecule has 0 aliphatic carbocycles. The minimum atomic E-state index is -5.80. The highest BCUT2D eigenvalue weighted by molar-refractivity contribution is 7.81. The van der Waals surface area contributed by atoms with Crippen LogP contribution in [0.2, 0.25) is 0 Å². The molecular weight excluding hydrogens is 1610 g/mol. The Balaban J connectivity index is 1.18. The van der Waals surface area contributed by atoms with Crippen LogP contribution in [0.25, 0.3) is 0 Å². The topological polar surface area (TPSA) is 547 Å². The average molecular weight is 1750 g/mol. The highest BCUT2D eigenvalue weighted by Gasteiger charge is 2.59. The Morgan fingerprint density at radius 1 is 0.437 bits per heavy atom. The number of nitrogens with one attached hydrogen (secondary N) is 2. The van der Waals surface area contributed by atoms with Crippen LogP contribution in [0.15, 0.2) is 42.5 Å². The Hall–Kier alpha value is -3.77. The molecular formula is C81H140N2O34S2. The Bertz CT molecular complexity index is 3210. The molecule has 5 fully saturated rings. The number of unbranched alkanes of at least 4 members (excludes halogenated alkanes) is 31. The van der Waals surface area contributed by atoms with E-state index in [1.54, 1.807) is 36.4 Å². The van der Waals surface area contributed by atoms with Gasteiger partial charge in [0.1, 0.15) is 116 Å². The van der Waals surface area contributed by atoms with Crippen molar-refractivity contribution < 1.29 is 162 Å². The van der Waals surface area contributed by atoms with Crippen LogP contribution >= 0.6 is 0 Å². The molecule has 5 saturated heterocycles. The number of benzene rings is 1. The van der Waals surface area contributed by atoms with Gasteiger partial charge in [-0.3, -0.25) is 18.7 Å². The van der Waals surface area contributed by atoms with Crippen molar-refractivity contribution in [1.82, 2.24) is 10.6 Å². The zero-order chi connectivity index (χ0) is 87.0. The smallest absolute Gasteiger partial charge is 0.397 e. The van der Waals surface area contributed by atoms with E-state index >= 15 is 0 Å². The number of hydrogen-bond donors (Lipinski definition) is 16. The minimum absolute atomic E-state index is 0.106. The van der Waals surface area contributed by atoms with Gasteiger partial charge in [-0.25, -0.2) is 13.2 Å². The molecule has 27 unspecified atom stereocenters. The van der Waals surface area contributed by atoms with Gasteiger partial charge in [-0.2, -0.15) is 16.8 Å². The summed E-state index contributed by atoms with van der Waals surface area (Å²) in [6, 6.07) is 4.99. The number of carbonyl (C=O) groups excluding carboxylic acids is 3. The monoisotopic (exact) mass is 1750 g/mol. The SMILES string of the molecule is CCCCCCCCCCCCC/C=C/C(OC(=O)c1ccccc1)C(COC1OC(CO)C(OC2OC(CO)C(O)C(OC3OC(CO)C(OC4OC(CO)C(O)C(OS(=O)(=O)O)C4OS(=O)(=O)O)C(OC4OC(C)C(O)C(O)C4O)C3NC(C)=O)C2O)C(O)C1O)NC(=O)CCCCCCCCCCCCCCCCCCCCCCC. The molecule has 0 bridgehead atoms. The number of carbonyl (C=O) groups is 3. The van der Waals surface area contributed by atoms with Crippen molar-refractivity contribution in [3.8, 4) is 0 Å². The van der Waals surface area contributed by atoms with E-state index in [9.17, 15) is 102 Å². The second-order valence-electron chi connectivity index (χ2n) is 32.0. The van der Waals surface area contributed by atoms with Crippen LogP contribution in [0.4, 0.5) is 0 Å². The maximum Gasteiger partial charge on any atom is 0.397 e. The zero-order valence-corrected chi connectivity index (χ0v) is 71.1. The Labute approximate surface area is 700 Å². The van der Waals surface area contributed by atoms with Gasteiger partial charge in [0.15, 0.2) is 37.6 Å². The summed E-state index contributed by atoms with van der Waals surface area (Å²) in [6.45, 7) is 1.41. The predicted molar refractivity (Wildman–Crippen MR) is 426 cm³/mol. The van der Waals surface area contributed by atoms with Crippen molar-refractivity contribution in [2.75, 3.05) is 33.0 Å². The van der Waals surface area contributed by atoms with Crippen LogP contribution in [0.3, 0.4) is 0 Å². The van der Waals surface area contributed by atoms with Crippen LogP contribution < -0.4 is 10.6 Å². The van der Waals surface area contributed by atoms with Crippen molar-refractivity contribution in [3.05, 3.63) is 48.0 Å². The third kappa shape index (κ3) is 35.5. The molecule has 1 aromatic rings. The number of esters is 1. The molecule has 1 aromatic carbocycles.